The van der Waals surface area contributed by atoms with E-state index in [0.29, 0.717) is 29.5 Å². The second-order valence-corrected chi connectivity index (χ2v) is 7.99. The van der Waals surface area contributed by atoms with Crippen LogP contribution in [0.25, 0.3) is 23.1 Å². The molecular formula is C23H22N8O2. The van der Waals surface area contributed by atoms with Crippen molar-refractivity contribution in [1.82, 2.24) is 30.1 Å². The monoisotopic (exact) mass is 442 g/mol. The van der Waals surface area contributed by atoms with Crippen LogP contribution in [-0.2, 0) is 0 Å². The summed E-state index contributed by atoms with van der Waals surface area (Å²) in [6.45, 7) is 0. The predicted octanol–water partition coefficient (Wildman–Crippen LogP) is 3.71. The van der Waals surface area contributed by atoms with Crippen LogP contribution in [0.2, 0.25) is 0 Å². The van der Waals surface area contributed by atoms with Gasteiger partial charge in [0.15, 0.2) is 5.78 Å². The number of hydrogen-bond donors (Lipinski definition) is 1. The number of Topliss-reactive ketones (excluding diaryl/α,β-unsaturated/α-hetero) is 1. The summed E-state index contributed by atoms with van der Waals surface area (Å²) in [5, 5.41) is 3.99. The molecule has 0 spiro atoms. The van der Waals surface area contributed by atoms with Crippen LogP contribution in [0.5, 0.6) is 0 Å². The molecule has 4 aromatic rings. The Morgan fingerprint density at radius 2 is 1.88 bits per heavy atom. The normalized spacial score (nSPS) is 13.5. The molecule has 1 saturated carbocycles. The maximum atomic E-state index is 12.4. The molecule has 0 atom stereocenters. The number of pyridine rings is 1. The number of aromatic nitrogens is 6. The molecule has 0 radical (unpaired) electrons. The molecule has 0 aliphatic heterocycles. The van der Waals surface area contributed by atoms with E-state index in [1.54, 1.807) is 23.2 Å². The molecule has 10 nitrogen and oxygen atoms in total. The molecular weight excluding hydrogens is 420 g/mol. The van der Waals surface area contributed by atoms with Crippen molar-refractivity contribution in [2.75, 3.05) is 17.7 Å². The lowest BCUT2D eigenvalue weighted by Crippen LogP contribution is -2.16. The minimum Gasteiger partial charge on any atom is -0.368 e. The van der Waals surface area contributed by atoms with Crippen molar-refractivity contribution >= 4 is 23.4 Å². The van der Waals surface area contributed by atoms with Gasteiger partial charge in [0.1, 0.15) is 5.69 Å². The zero-order valence-corrected chi connectivity index (χ0v) is 18.0. The van der Waals surface area contributed by atoms with Crippen molar-refractivity contribution in [3.63, 3.8) is 0 Å². The van der Waals surface area contributed by atoms with E-state index in [-0.39, 0.29) is 29.3 Å². The molecule has 1 aromatic carbocycles. The van der Waals surface area contributed by atoms with Gasteiger partial charge >= 0.3 is 0 Å². The summed E-state index contributed by atoms with van der Waals surface area (Å²) >= 11 is 0. The first kappa shape index (κ1) is 20.7. The number of carbonyl (C=O) groups excluding carboxylic acids is 1. The Balaban J connectivity index is 1.36. The number of rotatable bonds is 7. The summed E-state index contributed by atoms with van der Waals surface area (Å²) in [5.41, 5.74) is 7.84. The number of anilines is 3. The first-order chi connectivity index (χ1) is 16.1. The van der Waals surface area contributed by atoms with E-state index in [1.165, 1.54) is 6.42 Å². The molecule has 3 aromatic heterocycles. The number of nitrogen functional groups attached to an aromatic ring is 1. The fourth-order valence-corrected chi connectivity index (χ4v) is 3.58. The Morgan fingerprint density at radius 1 is 1.06 bits per heavy atom. The molecule has 0 unspecified atom stereocenters. The van der Waals surface area contributed by atoms with Gasteiger partial charge in [-0.25, -0.2) is 0 Å². The largest absolute Gasteiger partial charge is 0.368 e. The van der Waals surface area contributed by atoms with Crippen LogP contribution in [0.1, 0.15) is 36.2 Å². The van der Waals surface area contributed by atoms with Gasteiger partial charge in [0, 0.05) is 25.4 Å². The number of ketones is 1. The Labute approximate surface area is 189 Å². The van der Waals surface area contributed by atoms with E-state index in [4.69, 9.17) is 10.3 Å². The smallest absolute Gasteiger partial charge is 0.259 e. The molecule has 3 heterocycles. The van der Waals surface area contributed by atoms with Crippen LogP contribution >= 0.6 is 0 Å². The van der Waals surface area contributed by atoms with Gasteiger partial charge in [-0.3, -0.25) is 9.78 Å². The van der Waals surface area contributed by atoms with Gasteiger partial charge in [-0.05, 0) is 30.2 Å². The zero-order chi connectivity index (χ0) is 22.8. The topological polar surface area (TPSA) is 137 Å². The van der Waals surface area contributed by atoms with Gasteiger partial charge in [0.05, 0.1) is 5.56 Å². The van der Waals surface area contributed by atoms with Gasteiger partial charge in [-0.1, -0.05) is 42.6 Å². The summed E-state index contributed by atoms with van der Waals surface area (Å²) in [4.78, 5) is 35.6. The minimum absolute atomic E-state index is 0.0418. The van der Waals surface area contributed by atoms with Crippen LogP contribution in [0.4, 0.5) is 17.6 Å². The highest BCUT2D eigenvalue weighted by Crippen LogP contribution is 2.30. The molecule has 1 fully saturated rings. The maximum Gasteiger partial charge on any atom is 0.259 e. The van der Waals surface area contributed by atoms with Crippen molar-refractivity contribution in [1.29, 1.82) is 0 Å². The summed E-state index contributed by atoms with van der Waals surface area (Å²) in [6, 6.07) is 13.1. The first-order valence-electron chi connectivity index (χ1n) is 10.7. The Hall–Kier alpha value is -4.21. The van der Waals surface area contributed by atoms with Crippen LogP contribution in [0.15, 0.2) is 53.2 Å². The second-order valence-electron chi connectivity index (χ2n) is 7.99. The first-order valence-corrected chi connectivity index (χ1v) is 10.7. The lowest BCUT2D eigenvalue weighted by atomic mass is 9.81. The predicted molar refractivity (Wildman–Crippen MR) is 122 cm³/mol. The number of para-hydroxylation sites is 1. The SMILES string of the molecule is CN(c1ccccc1)c1nc(N)nc(-c2noc(-c3ccc(C(=O)CC4CCC4)nc3)n2)n1. The van der Waals surface area contributed by atoms with Crippen molar-refractivity contribution < 1.29 is 9.32 Å². The van der Waals surface area contributed by atoms with E-state index >= 15 is 0 Å². The standard InChI is InChI=1S/C23H22N8O2/c1-31(16-8-3-2-4-9-16)23-28-19(27-22(24)29-23)20-26-21(33-30-20)15-10-11-17(25-13-15)18(32)12-14-6-5-7-14/h2-4,8-11,13-14H,5-7,12H2,1H3,(H2,24,27,28,29). The molecule has 10 heteroatoms. The summed E-state index contributed by atoms with van der Waals surface area (Å²) in [5.74, 6) is 1.56. The molecule has 1 aliphatic rings. The number of benzene rings is 1. The van der Waals surface area contributed by atoms with E-state index in [9.17, 15) is 4.79 Å². The molecule has 0 bridgehead atoms. The quantitative estimate of drug-likeness (QED) is 0.422. The van der Waals surface area contributed by atoms with E-state index in [0.717, 1.165) is 18.5 Å². The van der Waals surface area contributed by atoms with Crippen molar-refractivity contribution in [3.05, 3.63) is 54.4 Å². The average molecular weight is 442 g/mol. The van der Waals surface area contributed by atoms with E-state index < -0.39 is 0 Å². The third-order valence-corrected chi connectivity index (χ3v) is 5.71. The molecule has 166 valence electrons. The third kappa shape index (κ3) is 4.40. The lowest BCUT2D eigenvalue weighted by molar-refractivity contribution is 0.0931. The van der Waals surface area contributed by atoms with E-state index in [1.807, 2.05) is 37.4 Å². The van der Waals surface area contributed by atoms with Crippen LogP contribution in [-0.4, -0.2) is 42.9 Å². The summed E-state index contributed by atoms with van der Waals surface area (Å²) in [6.07, 6.45) is 5.57. The van der Waals surface area contributed by atoms with Crippen molar-refractivity contribution in [2.45, 2.75) is 25.7 Å². The fraction of sp³-hybridized carbons (Fsp3) is 0.261. The minimum atomic E-state index is 0.0418. The molecule has 0 saturated heterocycles. The van der Waals surface area contributed by atoms with Crippen LogP contribution in [0, 0.1) is 5.92 Å². The number of nitrogens with two attached hydrogens (primary N) is 1. The Kier molecular flexibility index (Phi) is 5.47. The zero-order valence-electron chi connectivity index (χ0n) is 18.0. The molecule has 5 rings (SSSR count). The van der Waals surface area contributed by atoms with Gasteiger partial charge in [0.25, 0.3) is 5.89 Å². The highest BCUT2D eigenvalue weighted by molar-refractivity contribution is 5.94. The fourth-order valence-electron chi connectivity index (χ4n) is 3.58. The maximum absolute atomic E-state index is 12.4. The Morgan fingerprint density at radius 3 is 2.58 bits per heavy atom. The summed E-state index contributed by atoms with van der Waals surface area (Å²) < 4.78 is 5.38. The number of hydrogen-bond acceptors (Lipinski definition) is 10. The van der Waals surface area contributed by atoms with Gasteiger partial charge < -0.3 is 15.2 Å². The number of carbonyl (C=O) groups is 1. The van der Waals surface area contributed by atoms with E-state index in [2.05, 4.69) is 30.1 Å². The van der Waals surface area contributed by atoms with Gasteiger partial charge in [-0.15, -0.1) is 0 Å². The lowest BCUT2D eigenvalue weighted by Gasteiger charge is -2.24. The highest BCUT2D eigenvalue weighted by atomic mass is 16.5. The van der Waals surface area contributed by atoms with Crippen molar-refractivity contribution in [3.8, 4) is 23.1 Å². The number of nitrogens with zero attached hydrogens (tertiary/aromatic N) is 7. The van der Waals surface area contributed by atoms with Crippen molar-refractivity contribution in [2.24, 2.45) is 5.92 Å². The second kappa shape index (κ2) is 8.73. The Bertz CT molecular complexity index is 1270. The van der Waals surface area contributed by atoms with Gasteiger partial charge in [0.2, 0.25) is 23.5 Å². The summed E-state index contributed by atoms with van der Waals surface area (Å²) in [7, 11) is 1.83. The molecule has 0 amide bonds. The average Bonchev–Trinajstić information content (AvgIpc) is 3.31. The van der Waals surface area contributed by atoms with Crippen LogP contribution in [0.3, 0.4) is 0 Å². The molecule has 33 heavy (non-hydrogen) atoms. The highest BCUT2D eigenvalue weighted by Gasteiger charge is 2.22. The molecule has 2 N–H and O–H groups in total. The van der Waals surface area contributed by atoms with Crippen LogP contribution < -0.4 is 10.6 Å². The molecule has 1 aliphatic carbocycles. The third-order valence-electron chi connectivity index (χ3n) is 5.71. The van der Waals surface area contributed by atoms with Gasteiger partial charge in [-0.2, -0.15) is 19.9 Å².